The summed E-state index contributed by atoms with van der Waals surface area (Å²) in [6.07, 6.45) is 2.24. The highest BCUT2D eigenvalue weighted by atomic mass is 79.9. The van der Waals surface area contributed by atoms with E-state index in [9.17, 15) is 4.39 Å². The number of hydrogen-bond acceptors (Lipinski definition) is 2. The van der Waals surface area contributed by atoms with E-state index in [4.69, 9.17) is 0 Å². The van der Waals surface area contributed by atoms with Crippen LogP contribution in [0.25, 0.3) is 0 Å². The van der Waals surface area contributed by atoms with Gasteiger partial charge >= 0.3 is 0 Å². The van der Waals surface area contributed by atoms with Crippen LogP contribution in [0.1, 0.15) is 26.7 Å². The Kier molecular flexibility index (Phi) is 5.22. The van der Waals surface area contributed by atoms with Crippen molar-refractivity contribution < 1.29 is 4.39 Å². The van der Waals surface area contributed by atoms with Crippen molar-refractivity contribution in [1.82, 2.24) is 4.90 Å². The highest BCUT2D eigenvalue weighted by Gasteiger charge is 2.20. The van der Waals surface area contributed by atoms with Crippen LogP contribution in [-0.2, 0) is 0 Å². The van der Waals surface area contributed by atoms with Crippen LogP contribution in [0.15, 0.2) is 22.7 Å². The second-order valence-corrected chi connectivity index (χ2v) is 6.59. The standard InChI is InChI=1S/C15H22BrFN2/c1-11(2)10-19-7-5-13(6-8-19)18-15-9-12(17)3-4-14(15)16/h3-4,9,11,13,18H,5-8,10H2,1-2H3. The molecule has 2 rings (SSSR count). The Morgan fingerprint density at radius 3 is 2.68 bits per heavy atom. The van der Waals surface area contributed by atoms with Gasteiger partial charge in [0.05, 0.1) is 5.69 Å². The van der Waals surface area contributed by atoms with Gasteiger partial charge in [0.2, 0.25) is 0 Å². The Labute approximate surface area is 123 Å². The molecule has 0 aromatic heterocycles. The monoisotopic (exact) mass is 328 g/mol. The molecule has 1 aliphatic rings. The zero-order valence-corrected chi connectivity index (χ0v) is 13.2. The highest BCUT2D eigenvalue weighted by molar-refractivity contribution is 9.10. The molecule has 0 saturated carbocycles. The summed E-state index contributed by atoms with van der Waals surface area (Å²) in [4.78, 5) is 2.52. The Balaban J connectivity index is 1.87. The average molecular weight is 329 g/mol. The summed E-state index contributed by atoms with van der Waals surface area (Å²) in [7, 11) is 0. The number of nitrogens with zero attached hydrogens (tertiary/aromatic N) is 1. The molecule has 0 spiro atoms. The van der Waals surface area contributed by atoms with Crippen LogP contribution in [-0.4, -0.2) is 30.6 Å². The molecule has 1 saturated heterocycles. The van der Waals surface area contributed by atoms with Crippen molar-refractivity contribution in [3.8, 4) is 0 Å². The van der Waals surface area contributed by atoms with Gasteiger partial charge in [-0.3, -0.25) is 0 Å². The Morgan fingerprint density at radius 1 is 1.37 bits per heavy atom. The Morgan fingerprint density at radius 2 is 2.05 bits per heavy atom. The van der Waals surface area contributed by atoms with Gasteiger partial charge in [-0.2, -0.15) is 0 Å². The van der Waals surface area contributed by atoms with E-state index in [-0.39, 0.29) is 5.82 Å². The molecule has 1 fully saturated rings. The molecule has 1 aromatic rings. The Bertz CT molecular complexity index is 415. The minimum absolute atomic E-state index is 0.192. The van der Waals surface area contributed by atoms with Crippen LogP contribution in [0, 0.1) is 11.7 Å². The van der Waals surface area contributed by atoms with Crippen LogP contribution in [0.2, 0.25) is 0 Å². The fraction of sp³-hybridized carbons (Fsp3) is 0.600. The number of piperidine rings is 1. The second kappa shape index (κ2) is 6.71. The lowest BCUT2D eigenvalue weighted by Gasteiger charge is -2.33. The first-order chi connectivity index (χ1) is 9.04. The summed E-state index contributed by atoms with van der Waals surface area (Å²) >= 11 is 3.46. The number of halogens is 2. The van der Waals surface area contributed by atoms with Gasteiger partial charge in [0.1, 0.15) is 5.82 Å². The lowest BCUT2D eigenvalue weighted by Crippen LogP contribution is -2.40. The van der Waals surface area contributed by atoms with Crippen molar-refractivity contribution in [2.75, 3.05) is 25.0 Å². The van der Waals surface area contributed by atoms with Crippen molar-refractivity contribution in [2.24, 2.45) is 5.92 Å². The zero-order valence-electron chi connectivity index (χ0n) is 11.6. The highest BCUT2D eigenvalue weighted by Crippen LogP contribution is 2.26. The fourth-order valence-corrected chi connectivity index (χ4v) is 2.97. The second-order valence-electron chi connectivity index (χ2n) is 5.74. The predicted octanol–water partition coefficient (Wildman–Crippen LogP) is 4.12. The third-order valence-corrected chi connectivity index (χ3v) is 4.19. The number of anilines is 1. The van der Waals surface area contributed by atoms with E-state index in [2.05, 4.69) is 40.0 Å². The quantitative estimate of drug-likeness (QED) is 0.894. The first-order valence-corrected chi connectivity index (χ1v) is 7.78. The molecule has 4 heteroatoms. The lowest BCUT2D eigenvalue weighted by atomic mass is 10.0. The van der Waals surface area contributed by atoms with Crippen LogP contribution in [0.4, 0.5) is 10.1 Å². The van der Waals surface area contributed by atoms with Crippen LogP contribution in [0.5, 0.6) is 0 Å². The summed E-state index contributed by atoms with van der Waals surface area (Å²) in [5.74, 6) is 0.532. The first kappa shape index (κ1) is 14.8. The van der Waals surface area contributed by atoms with Crippen LogP contribution in [0.3, 0.4) is 0 Å². The molecule has 0 aliphatic carbocycles. The van der Waals surface area contributed by atoms with Gasteiger partial charge < -0.3 is 10.2 Å². The summed E-state index contributed by atoms with van der Waals surface area (Å²) in [5.41, 5.74) is 0.863. The average Bonchev–Trinajstić information content (AvgIpc) is 2.35. The summed E-state index contributed by atoms with van der Waals surface area (Å²) in [5, 5.41) is 3.45. The molecule has 1 aromatic carbocycles. The molecule has 0 bridgehead atoms. The SMILES string of the molecule is CC(C)CN1CCC(Nc2cc(F)ccc2Br)CC1. The molecule has 1 heterocycles. The van der Waals surface area contributed by atoms with Gasteiger partial charge in [-0.15, -0.1) is 0 Å². The van der Waals surface area contributed by atoms with Crippen molar-refractivity contribution >= 4 is 21.6 Å². The summed E-state index contributed by atoms with van der Waals surface area (Å²) in [6.45, 7) is 7.95. The molecule has 1 N–H and O–H groups in total. The van der Waals surface area contributed by atoms with Gasteiger partial charge in [-0.25, -0.2) is 4.39 Å². The molecule has 2 nitrogen and oxygen atoms in total. The molecular formula is C15H22BrFN2. The third kappa shape index (κ3) is 4.46. The third-order valence-electron chi connectivity index (χ3n) is 3.50. The van der Waals surface area contributed by atoms with Gasteiger partial charge in [-0.1, -0.05) is 13.8 Å². The molecule has 106 valence electrons. The van der Waals surface area contributed by atoms with Gasteiger partial charge in [0.15, 0.2) is 0 Å². The predicted molar refractivity (Wildman–Crippen MR) is 82.0 cm³/mol. The smallest absolute Gasteiger partial charge is 0.125 e. The molecule has 0 atom stereocenters. The van der Waals surface area contributed by atoms with Gasteiger partial charge in [0.25, 0.3) is 0 Å². The molecule has 0 radical (unpaired) electrons. The number of likely N-dealkylation sites (tertiary alicyclic amines) is 1. The van der Waals surface area contributed by atoms with E-state index >= 15 is 0 Å². The van der Waals surface area contributed by atoms with E-state index < -0.39 is 0 Å². The fourth-order valence-electron chi connectivity index (χ4n) is 2.60. The minimum atomic E-state index is -0.192. The van der Waals surface area contributed by atoms with Gasteiger partial charge in [-0.05, 0) is 52.9 Å². The largest absolute Gasteiger partial charge is 0.381 e. The van der Waals surface area contributed by atoms with Crippen molar-refractivity contribution in [1.29, 1.82) is 0 Å². The molecule has 0 unspecified atom stereocenters. The van der Waals surface area contributed by atoms with Crippen molar-refractivity contribution in [3.05, 3.63) is 28.5 Å². The maximum atomic E-state index is 13.2. The number of benzene rings is 1. The molecule has 19 heavy (non-hydrogen) atoms. The first-order valence-electron chi connectivity index (χ1n) is 6.98. The van der Waals surface area contributed by atoms with E-state index in [0.717, 1.165) is 42.0 Å². The molecular weight excluding hydrogens is 307 g/mol. The van der Waals surface area contributed by atoms with Crippen molar-refractivity contribution in [3.63, 3.8) is 0 Å². The maximum Gasteiger partial charge on any atom is 0.125 e. The normalized spacial score (nSPS) is 17.9. The lowest BCUT2D eigenvalue weighted by molar-refractivity contribution is 0.198. The van der Waals surface area contributed by atoms with E-state index in [1.165, 1.54) is 12.6 Å². The maximum absolute atomic E-state index is 13.2. The topological polar surface area (TPSA) is 15.3 Å². The van der Waals surface area contributed by atoms with E-state index in [1.54, 1.807) is 12.1 Å². The summed E-state index contributed by atoms with van der Waals surface area (Å²) in [6, 6.07) is 5.23. The zero-order chi connectivity index (χ0) is 13.8. The van der Waals surface area contributed by atoms with Crippen LogP contribution >= 0.6 is 15.9 Å². The minimum Gasteiger partial charge on any atom is -0.381 e. The summed E-state index contributed by atoms with van der Waals surface area (Å²) < 4.78 is 14.2. The van der Waals surface area contributed by atoms with Crippen LogP contribution < -0.4 is 5.32 Å². The number of rotatable bonds is 4. The van der Waals surface area contributed by atoms with Crippen molar-refractivity contribution in [2.45, 2.75) is 32.7 Å². The van der Waals surface area contributed by atoms with Gasteiger partial charge in [0, 0.05) is 30.1 Å². The Hall–Kier alpha value is -0.610. The number of nitrogens with one attached hydrogen (secondary N) is 1. The van der Waals surface area contributed by atoms with E-state index in [0.29, 0.717) is 6.04 Å². The molecule has 0 amide bonds. The number of hydrogen-bond donors (Lipinski definition) is 1. The van der Waals surface area contributed by atoms with E-state index in [1.807, 2.05) is 0 Å². The molecule has 1 aliphatic heterocycles.